The van der Waals surface area contributed by atoms with Crippen LogP contribution in [-0.4, -0.2) is 30.7 Å². The van der Waals surface area contributed by atoms with Gasteiger partial charge in [-0.15, -0.1) is 0 Å². The summed E-state index contributed by atoms with van der Waals surface area (Å²) in [5, 5.41) is 0. The van der Waals surface area contributed by atoms with E-state index in [0.717, 1.165) is 0 Å². The van der Waals surface area contributed by atoms with E-state index in [0.29, 0.717) is 0 Å². The minimum Gasteiger partial charge on any atom is -1.00 e. The third-order valence-electron chi connectivity index (χ3n) is 4.45. The van der Waals surface area contributed by atoms with Gasteiger partial charge in [-0.25, -0.2) is 0 Å². The van der Waals surface area contributed by atoms with Crippen LogP contribution in [0.15, 0.2) is 0 Å². The Morgan fingerprint density at radius 1 is 0.667 bits per heavy atom. The van der Waals surface area contributed by atoms with Crippen molar-refractivity contribution in [1.82, 2.24) is 0 Å². The quantitative estimate of drug-likeness (QED) is 0.414. The maximum absolute atomic E-state index is 2.35. The van der Waals surface area contributed by atoms with Crippen molar-refractivity contribution in [2.45, 2.75) is 78.1 Å². The summed E-state index contributed by atoms with van der Waals surface area (Å²) >= 11 is 0. The van der Waals surface area contributed by atoms with Crippen molar-refractivity contribution >= 4 is 0 Å². The average molecular weight is 259 g/mol. The Bertz CT molecular complexity index is 176. The SMILES string of the molecule is CCCCCCCCC[N+]1(CCC)CCCC1.[F-]. The van der Waals surface area contributed by atoms with E-state index in [2.05, 4.69) is 13.8 Å². The van der Waals surface area contributed by atoms with E-state index in [1.807, 2.05) is 0 Å². The molecule has 1 aliphatic rings. The molecule has 0 unspecified atom stereocenters. The van der Waals surface area contributed by atoms with Crippen LogP contribution >= 0.6 is 0 Å². The van der Waals surface area contributed by atoms with E-state index in [-0.39, 0.29) is 4.70 Å². The van der Waals surface area contributed by atoms with E-state index in [9.17, 15) is 0 Å². The molecule has 1 saturated heterocycles. The second-order valence-electron chi connectivity index (χ2n) is 6.06. The van der Waals surface area contributed by atoms with Gasteiger partial charge in [0.1, 0.15) is 0 Å². The van der Waals surface area contributed by atoms with Gasteiger partial charge in [0.2, 0.25) is 0 Å². The lowest BCUT2D eigenvalue weighted by atomic mass is 10.1. The van der Waals surface area contributed by atoms with Crippen molar-refractivity contribution in [3.63, 3.8) is 0 Å². The molecule has 1 fully saturated rings. The summed E-state index contributed by atoms with van der Waals surface area (Å²) in [6, 6.07) is 0. The maximum Gasteiger partial charge on any atom is 0.0788 e. The highest BCUT2D eigenvalue weighted by Gasteiger charge is 2.29. The van der Waals surface area contributed by atoms with Crippen molar-refractivity contribution in [2.24, 2.45) is 0 Å². The van der Waals surface area contributed by atoms with Crippen molar-refractivity contribution < 1.29 is 9.19 Å². The minimum absolute atomic E-state index is 0. The first kappa shape index (κ1) is 17.9. The first-order valence-electron chi connectivity index (χ1n) is 8.18. The zero-order chi connectivity index (χ0) is 12.4. The number of hydrogen-bond donors (Lipinski definition) is 0. The second kappa shape index (κ2) is 10.8. The zero-order valence-corrected chi connectivity index (χ0v) is 12.7. The Morgan fingerprint density at radius 2 is 1.22 bits per heavy atom. The van der Waals surface area contributed by atoms with Crippen molar-refractivity contribution in [3.8, 4) is 0 Å². The molecule has 0 N–H and O–H groups in total. The third-order valence-corrected chi connectivity index (χ3v) is 4.45. The van der Waals surface area contributed by atoms with Gasteiger partial charge in [-0.2, -0.15) is 0 Å². The average Bonchev–Trinajstić information content (AvgIpc) is 2.77. The van der Waals surface area contributed by atoms with Crippen LogP contribution in [0, 0.1) is 0 Å². The van der Waals surface area contributed by atoms with E-state index in [1.54, 1.807) is 0 Å². The van der Waals surface area contributed by atoms with Crippen LogP contribution in [-0.2, 0) is 0 Å². The van der Waals surface area contributed by atoms with E-state index in [4.69, 9.17) is 0 Å². The topological polar surface area (TPSA) is 0 Å². The monoisotopic (exact) mass is 259 g/mol. The molecule has 1 nitrogen and oxygen atoms in total. The van der Waals surface area contributed by atoms with Crippen molar-refractivity contribution in [3.05, 3.63) is 0 Å². The molecule has 0 bridgehead atoms. The first-order chi connectivity index (χ1) is 8.33. The normalized spacial score (nSPS) is 17.7. The smallest absolute Gasteiger partial charge is 0.0788 e. The van der Waals surface area contributed by atoms with Gasteiger partial charge in [-0.3, -0.25) is 0 Å². The summed E-state index contributed by atoms with van der Waals surface area (Å²) in [7, 11) is 0. The number of halogens is 1. The molecule has 1 rings (SSSR count). The molecule has 110 valence electrons. The van der Waals surface area contributed by atoms with Gasteiger partial charge in [0.15, 0.2) is 0 Å². The summed E-state index contributed by atoms with van der Waals surface area (Å²) in [6.45, 7) is 10.5. The fourth-order valence-corrected chi connectivity index (χ4v) is 3.44. The van der Waals surface area contributed by atoms with Gasteiger partial charge in [-0.1, -0.05) is 46.0 Å². The summed E-state index contributed by atoms with van der Waals surface area (Å²) in [4.78, 5) is 0. The fourth-order valence-electron chi connectivity index (χ4n) is 3.44. The van der Waals surface area contributed by atoms with Crippen LogP contribution in [0.25, 0.3) is 0 Å². The molecule has 0 aromatic heterocycles. The highest BCUT2D eigenvalue weighted by atomic mass is 19.0. The van der Waals surface area contributed by atoms with Crippen LogP contribution in [0.3, 0.4) is 0 Å². The van der Waals surface area contributed by atoms with Crippen LogP contribution in [0.4, 0.5) is 0 Å². The number of likely N-dealkylation sites (tertiary alicyclic amines) is 1. The molecular formula is C16H34FN. The van der Waals surface area contributed by atoms with E-state index in [1.165, 1.54) is 94.9 Å². The molecule has 1 aliphatic heterocycles. The molecular weight excluding hydrogens is 225 g/mol. The van der Waals surface area contributed by atoms with E-state index < -0.39 is 0 Å². The van der Waals surface area contributed by atoms with Crippen molar-refractivity contribution in [1.29, 1.82) is 0 Å². The molecule has 0 atom stereocenters. The zero-order valence-electron chi connectivity index (χ0n) is 12.7. The largest absolute Gasteiger partial charge is 1.00 e. The Hall–Kier alpha value is -0.110. The predicted molar refractivity (Wildman–Crippen MR) is 77.2 cm³/mol. The molecule has 18 heavy (non-hydrogen) atoms. The highest BCUT2D eigenvalue weighted by Crippen LogP contribution is 2.21. The van der Waals surface area contributed by atoms with E-state index >= 15 is 0 Å². The predicted octanol–water partition coefficient (Wildman–Crippen LogP) is 1.76. The van der Waals surface area contributed by atoms with Crippen LogP contribution in [0.1, 0.15) is 78.1 Å². The maximum atomic E-state index is 2.35. The van der Waals surface area contributed by atoms with Crippen LogP contribution in [0.2, 0.25) is 0 Å². The number of unbranched alkanes of at least 4 members (excludes halogenated alkanes) is 6. The lowest BCUT2D eigenvalue weighted by molar-refractivity contribution is -0.917. The number of hydrogen-bond acceptors (Lipinski definition) is 0. The number of nitrogens with zero attached hydrogens (tertiary/aromatic N) is 1. The molecule has 1 heterocycles. The molecule has 0 amide bonds. The lowest BCUT2D eigenvalue weighted by Gasteiger charge is -2.34. The number of quaternary nitrogens is 1. The summed E-state index contributed by atoms with van der Waals surface area (Å²) in [5.41, 5.74) is 0. The van der Waals surface area contributed by atoms with Gasteiger partial charge in [0.05, 0.1) is 26.2 Å². The standard InChI is InChI=1S/C16H34N.FH/c1-3-5-6-7-8-9-10-14-17(13-4-2)15-11-12-16-17;/h3-16H2,1-2H3;1H/q+1;/p-1. The van der Waals surface area contributed by atoms with Crippen LogP contribution in [0.5, 0.6) is 0 Å². The molecule has 0 aromatic rings. The molecule has 0 saturated carbocycles. The lowest BCUT2D eigenvalue weighted by Crippen LogP contribution is -3.00. The molecule has 2 heteroatoms. The van der Waals surface area contributed by atoms with Gasteiger partial charge in [0.25, 0.3) is 0 Å². The molecule has 0 spiro atoms. The minimum atomic E-state index is 0. The Morgan fingerprint density at radius 3 is 1.78 bits per heavy atom. The highest BCUT2D eigenvalue weighted by molar-refractivity contribution is 4.56. The number of rotatable bonds is 10. The van der Waals surface area contributed by atoms with Gasteiger partial charge in [-0.05, 0) is 19.3 Å². The first-order valence-corrected chi connectivity index (χ1v) is 8.18. The molecule has 0 aliphatic carbocycles. The summed E-state index contributed by atoms with van der Waals surface area (Å²) in [6.07, 6.45) is 14.5. The third kappa shape index (κ3) is 6.72. The molecule has 0 radical (unpaired) electrons. The molecule has 0 aromatic carbocycles. The second-order valence-corrected chi connectivity index (χ2v) is 6.06. The van der Waals surface area contributed by atoms with Gasteiger partial charge >= 0.3 is 0 Å². The van der Waals surface area contributed by atoms with Crippen LogP contribution < -0.4 is 4.70 Å². The fraction of sp³-hybridized carbons (Fsp3) is 1.00. The Kier molecular flexibility index (Phi) is 10.7. The van der Waals surface area contributed by atoms with Gasteiger partial charge in [0, 0.05) is 12.8 Å². The summed E-state index contributed by atoms with van der Waals surface area (Å²) in [5.74, 6) is 0. The van der Waals surface area contributed by atoms with Crippen molar-refractivity contribution in [2.75, 3.05) is 26.2 Å². The Labute approximate surface area is 114 Å². The Balaban J connectivity index is 0.00000289. The van der Waals surface area contributed by atoms with Gasteiger partial charge < -0.3 is 9.19 Å². The summed E-state index contributed by atoms with van der Waals surface area (Å²) < 4.78 is 1.46.